The van der Waals surface area contributed by atoms with E-state index >= 15 is 0 Å². The molecule has 0 amide bonds. The second kappa shape index (κ2) is 11.3. The normalized spacial score (nSPS) is 11.9. The van der Waals surface area contributed by atoms with Gasteiger partial charge in [-0.1, -0.05) is 50.9 Å². The van der Waals surface area contributed by atoms with Crippen LogP contribution in [0.1, 0.15) is 44.7 Å². The van der Waals surface area contributed by atoms with Gasteiger partial charge in [0.2, 0.25) is 0 Å². The summed E-state index contributed by atoms with van der Waals surface area (Å²) in [6.07, 6.45) is 10.9. The van der Waals surface area contributed by atoms with Gasteiger partial charge in [0, 0.05) is 10.9 Å². The first-order valence-electron chi connectivity index (χ1n) is 8.19. The summed E-state index contributed by atoms with van der Waals surface area (Å²) in [6, 6.07) is 5.99. The van der Waals surface area contributed by atoms with Crippen molar-refractivity contribution in [2.24, 2.45) is 5.92 Å². The first-order chi connectivity index (χ1) is 10.9. The molecule has 0 aliphatic rings. The van der Waals surface area contributed by atoms with Gasteiger partial charge in [0.05, 0.1) is 6.04 Å². The maximum Gasteiger partial charge on any atom is 0.152 e. The molecule has 0 fully saturated rings. The van der Waals surface area contributed by atoms with Gasteiger partial charge >= 0.3 is 0 Å². The van der Waals surface area contributed by atoms with Gasteiger partial charge in [-0.15, -0.1) is 12.8 Å². The summed E-state index contributed by atoms with van der Waals surface area (Å²) in [6.45, 7) is 9.09. The molecule has 0 spiro atoms. The molecule has 2 nitrogen and oxygen atoms in total. The summed E-state index contributed by atoms with van der Waals surface area (Å²) in [7, 11) is 2.04. The first kappa shape index (κ1) is 21.7. The van der Waals surface area contributed by atoms with Crippen LogP contribution in [0.25, 0.3) is 0 Å². The molecule has 0 saturated heterocycles. The Kier molecular flexibility index (Phi) is 10.6. The molecule has 0 aromatic heterocycles. The van der Waals surface area contributed by atoms with Crippen molar-refractivity contribution < 1.29 is 4.79 Å². The Labute approximate surface area is 147 Å². The Morgan fingerprint density at radius 3 is 2.39 bits per heavy atom. The third-order valence-electron chi connectivity index (χ3n) is 3.92. The number of carbonyl (C=O) groups is 1. The fourth-order valence-corrected chi connectivity index (χ4v) is 2.76. The Balaban J connectivity index is 0.00000232. The monoisotopic (exact) mass is 335 g/mol. The standard InChI is InChI=1S/C18H28ClNO.C2H2/c1-6-7-10-20(5)17(18(21)13(2)3)12-15-9-8-14(4)11-16(15)19;1-2/h8-9,11,13,17H,6-7,10,12H2,1-5H3;1-2H. The van der Waals surface area contributed by atoms with E-state index in [1.165, 1.54) is 0 Å². The van der Waals surface area contributed by atoms with E-state index in [1.807, 2.05) is 40.0 Å². The molecular weight excluding hydrogens is 306 g/mol. The van der Waals surface area contributed by atoms with Gasteiger partial charge in [-0.3, -0.25) is 9.69 Å². The number of carbonyl (C=O) groups excluding carboxylic acids is 1. The third-order valence-corrected chi connectivity index (χ3v) is 4.27. The molecule has 0 heterocycles. The van der Waals surface area contributed by atoms with Crippen LogP contribution < -0.4 is 0 Å². The molecule has 1 atom stereocenters. The van der Waals surface area contributed by atoms with Crippen molar-refractivity contribution in [3.8, 4) is 12.8 Å². The van der Waals surface area contributed by atoms with Gasteiger partial charge in [0.25, 0.3) is 0 Å². The summed E-state index contributed by atoms with van der Waals surface area (Å²) in [5.74, 6) is 0.341. The lowest BCUT2D eigenvalue weighted by Gasteiger charge is -2.28. The Hall–Kier alpha value is -1.30. The number of Topliss-reactive ketones (excluding diaryl/α,β-unsaturated/α-hetero) is 1. The van der Waals surface area contributed by atoms with Crippen molar-refractivity contribution in [3.05, 3.63) is 34.3 Å². The highest BCUT2D eigenvalue weighted by Crippen LogP contribution is 2.22. The maximum atomic E-state index is 12.5. The van der Waals surface area contributed by atoms with Crippen LogP contribution in [-0.4, -0.2) is 30.3 Å². The molecule has 1 aromatic rings. The number of benzene rings is 1. The lowest BCUT2D eigenvalue weighted by Crippen LogP contribution is -2.42. The molecule has 0 radical (unpaired) electrons. The van der Waals surface area contributed by atoms with Crippen molar-refractivity contribution >= 4 is 17.4 Å². The van der Waals surface area contributed by atoms with Crippen LogP contribution in [0.5, 0.6) is 0 Å². The van der Waals surface area contributed by atoms with Crippen LogP contribution in [-0.2, 0) is 11.2 Å². The van der Waals surface area contributed by atoms with Crippen LogP contribution in [0.4, 0.5) is 0 Å². The fourth-order valence-electron chi connectivity index (χ4n) is 2.45. The van der Waals surface area contributed by atoms with E-state index in [4.69, 9.17) is 11.6 Å². The molecule has 0 aliphatic carbocycles. The zero-order chi connectivity index (χ0) is 18.0. The fraction of sp³-hybridized carbons (Fsp3) is 0.550. The van der Waals surface area contributed by atoms with E-state index in [0.717, 1.165) is 35.5 Å². The molecule has 0 aliphatic heterocycles. The van der Waals surface area contributed by atoms with E-state index in [0.29, 0.717) is 12.2 Å². The first-order valence-corrected chi connectivity index (χ1v) is 8.57. The largest absolute Gasteiger partial charge is 0.298 e. The van der Waals surface area contributed by atoms with Crippen molar-refractivity contribution in [1.29, 1.82) is 0 Å². The molecule has 0 bridgehead atoms. The highest BCUT2D eigenvalue weighted by molar-refractivity contribution is 6.31. The highest BCUT2D eigenvalue weighted by atomic mass is 35.5. The van der Waals surface area contributed by atoms with Gasteiger partial charge < -0.3 is 0 Å². The van der Waals surface area contributed by atoms with Crippen LogP contribution in [0.3, 0.4) is 0 Å². The molecule has 3 heteroatoms. The molecule has 1 unspecified atom stereocenters. The van der Waals surface area contributed by atoms with E-state index in [2.05, 4.69) is 30.7 Å². The lowest BCUT2D eigenvalue weighted by atomic mass is 9.94. The molecule has 1 aromatic carbocycles. The van der Waals surface area contributed by atoms with E-state index in [-0.39, 0.29) is 12.0 Å². The zero-order valence-electron chi connectivity index (χ0n) is 15.1. The Morgan fingerprint density at radius 1 is 1.30 bits per heavy atom. The van der Waals surface area contributed by atoms with Crippen molar-refractivity contribution in [2.45, 2.75) is 53.0 Å². The summed E-state index contributed by atoms with van der Waals surface area (Å²) in [4.78, 5) is 14.7. The van der Waals surface area contributed by atoms with Crippen LogP contribution >= 0.6 is 11.6 Å². The highest BCUT2D eigenvalue weighted by Gasteiger charge is 2.26. The molecular formula is C20H30ClNO. The quantitative estimate of drug-likeness (QED) is 0.638. The minimum Gasteiger partial charge on any atom is -0.298 e. The molecule has 0 N–H and O–H groups in total. The summed E-state index contributed by atoms with van der Waals surface area (Å²) < 4.78 is 0. The third kappa shape index (κ3) is 7.20. The van der Waals surface area contributed by atoms with E-state index in [1.54, 1.807) is 0 Å². The number of unbranched alkanes of at least 4 members (excludes halogenated alkanes) is 1. The number of ketones is 1. The SMILES string of the molecule is C#C.CCCCN(C)C(Cc1ccc(C)cc1Cl)C(=O)C(C)C. The summed E-state index contributed by atoms with van der Waals surface area (Å²) in [5.41, 5.74) is 2.21. The Morgan fingerprint density at radius 2 is 1.91 bits per heavy atom. The maximum absolute atomic E-state index is 12.5. The average molecular weight is 336 g/mol. The van der Waals surface area contributed by atoms with E-state index < -0.39 is 0 Å². The van der Waals surface area contributed by atoms with E-state index in [9.17, 15) is 4.79 Å². The van der Waals surface area contributed by atoms with Crippen LogP contribution in [0, 0.1) is 25.7 Å². The molecule has 1 rings (SSSR count). The number of hydrogen-bond donors (Lipinski definition) is 0. The molecule has 128 valence electrons. The van der Waals surface area contributed by atoms with Gasteiger partial charge in [0.15, 0.2) is 5.78 Å². The smallest absolute Gasteiger partial charge is 0.152 e. The number of hydrogen-bond acceptors (Lipinski definition) is 2. The Bertz CT molecular complexity index is 508. The topological polar surface area (TPSA) is 20.3 Å². The summed E-state index contributed by atoms with van der Waals surface area (Å²) in [5, 5.41) is 0.764. The second-order valence-electron chi connectivity index (χ2n) is 6.21. The lowest BCUT2D eigenvalue weighted by molar-refractivity contribution is -0.126. The average Bonchev–Trinajstić information content (AvgIpc) is 2.53. The van der Waals surface area contributed by atoms with Crippen molar-refractivity contribution in [2.75, 3.05) is 13.6 Å². The molecule has 23 heavy (non-hydrogen) atoms. The van der Waals surface area contributed by atoms with Crippen molar-refractivity contribution in [3.63, 3.8) is 0 Å². The predicted octanol–water partition coefficient (Wildman–Crippen LogP) is 4.77. The summed E-state index contributed by atoms with van der Waals surface area (Å²) >= 11 is 6.34. The number of likely N-dealkylation sites (N-methyl/N-ethyl adjacent to an activating group) is 1. The van der Waals surface area contributed by atoms with Gasteiger partial charge in [-0.2, -0.15) is 0 Å². The minimum absolute atomic E-state index is 0.0447. The van der Waals surface area contributed by atoms with Gasteiger partial charge in [-0.25, -0.2) is 0 Å². The number of rotatable bonds is 8. The predicted molar refractivity (Wildman–Crippen MR) is 101 cm³/mol. The van der Waals surface area contributed by atoms with Crippen molar-refractivity contribution in [1.82, 2.24) is 4.90 Å². The van der Waals surface area contributed by atoms with Crippen LogP contribution in [0.2, 0.25) is 5.02 Å². The zero-order valence-corrected chi connectivity index (χ0v) is 15.9. The number of nitrogens with zero attached hydrogens (tertiary/aromatic N) is 1. The second-order valence-corrected chi connectivity index (χ2v) is 6.61. The van der Waals surface area contributed by atoms with Gasteiger partial charge in [-0.05, 0) is 50.6 Å². The number of aryl methyl sites for hydroxylation is 1. The van der Waals surface area contributed by atoms with Crippen LogP contribution in [0.15, 0.2) is 18.2 Å². The number of halogens is 1. The molecule has 0 saturated carbocycles. The number of terminal acetylenes is 1. The minimum atomic E-state index is -0.0863. The van der Waals surface area contributed by atoms with Gasteiger partial charge in [0.1, 0.15) is 0 Å².